The highest BCUT2D eigenvalue weighted by molar-refractivity contribution is 7.85. The molecule has 1 aliphatic rings. The SMILES string of the molecule is O=S(=O)(O)CCCN1CCN(NC(CO)(CO)CCO)CC1CCO. The van der Waals surface area contributed by atoms with Gasteiger partial charge in [0.25, 0.3) is 10.1 Å². The predicted molar refractivity (Wildman–Crippen MR) is 91.4 cm³/mol. The van der Waals surface area contributed by atoms with Crippen LogP contribution < -0.4 is 5.43 Å². The quantitative estimate of drug-likeness (QED) is 0.195. The van der Waals surface area contributed by atoms with Crippen LogP contribution in [0, 0.1) is 0 Å². The molecule has 0 radical (unpaired) electrons. The van der Waals surface area contributed by atoms with Gasteiger partial charge in [0.1, 0.15) is 0 Å². The third-order valence-electron chi connectivity index (χ3n) is 4.51. The van der Waals surface area contributed by atoms with Gasteiger partial charge in [0.2, 0.25) is 0 Å². The number of aliphatic hydroxyl groups is 4. The van der Waals surface area contributed by atoms with Crippen LogP contribution in [-0.4, -0.2) is 113 Å². The standard InChI is InChI=1S/C14H31N3O7S/c18-7-2-13-10-17(15-14(11-20,12-21)3-8-19)6-5-16(13)4-1-9-25(22,23)24/h13,15,18-21H,1-12H2,(H,22,23,24). The van der Waals surface area contributed by atoms with Crippen molar-refractivity contribution in [1.29, 1.82) is 0 Å². The van der Waals surface area contributed by atoms with Crippen LogP contribution in [-0.2, 0) is 10.1 Å². The normalized spacial score (nSPS) is 20.9. The first kappa shape index (κ1) is 22.7. The Balaban J connectivity index is 2.63. The van der Waals surface area contributed by atoms with E-state index in [9.17, 15) is 23.7 Å². The molecule has 6 N–H and O–H groups in total. The number of nitrogens with zero attached hydrogens (tertiary/aromatic N) is 2. The van der Waals surface area contributed by atoms with E-state index in [1.165, 1.54) is 0 Å². The number of hydrogen-bond donors (Lipinski definition) is 6. The highest BCUT2D eigenvalue weighted by Gasteiger charge is 2.34. The summed E-state index contributed by atoms with van der Waals surface area (Å²) in [6.45, 7) is 1.32. The van der Waals surface area contributed by atoms with Gasteiger partial charge < -0.3 is 20.4 Å². The highest BCUT2D eigenvalue weighted by Crippen LogP contribution is 2.16. The van der Waals surface area contributed by atoms with E-state index in [-0.39, 0.29) is 44.6 Å². The lowest BCUT2D eigenvalue weighted by Gasteiger charge is -2.45. The Morgan fingerprint density at radius 2 is 1.76 bits per heavy atom. The van der Waals surface area contributed by atoms with Crippen molar-refractivity contribution in [3.05, 3.63) is 0 Å². The molecule has 11 heteroatoms. The summed E-state index contributed by atoms with van der Waals surface area (Å²) in [6.07, 6.45) is 0.991. The number of piperazine rings is 1. The number of rotatable bonds is 12. The van der Waals surface area contributed by atoms with E-state index in [0.717, 1.165) is 0 Å². The maximum absolute atomic E-state index is 10.8. The zero-order valence-corrected chi connectivity index (χ0v) is 15.2. The first-order chi connectivity index (χ1) is 11.8. The summed E-state index contributed by atoms with van der Waals surface area (Å²) < 4.78 is 30.5. The van der Waals surface area contributed by atoms with Crippen molar-refractivity contribution < 1.29 is 33.4 Å². The molecular formula is C14H31N3O7S. The van der Waals surface area contributed by atoms with Crippen LogP contribution in [0.25, 0.3) is 0 Å². The van der Waals surface area contributed by atoms with Gasteiger partial charge in [-0.3, -0.25) is 9.45 Å². The maximum Gasteiger partial charge on any atom is 0.264 e. The second-order valence-electron chi connectivity index (χ2n) is 6.47. The molecule has 10 nitrogen and oxygen atoms in total. The zero-order valence-electron chi connectivity index (χ0n) is 14.4. The summed E-state index contributed by atoms with van der Waals surface area (Å²) in [5.74, 6) is -0.300. The molecule has 150 valence electrons. The summed E-state index contributed by atoms with van der Waals surface area (Å²) in [5.41, 5.74) is 2.08. The molecule has 1 aliphatic heterocycles. The van der Waals surface area contributed by atoms with Crippen molar-refractivity contribution >= 4 is 10.1 Å². The van der Waals surface area contributed by atoms with E-state index in [2.05, 4.69) is 10.3 Å². The Morgan fingerprint density at radius 3 is 2.28 bits per heavy atom. The Labute approximate surface area is 148 Å². The Kier molecular flexibility index (Phi) is 9.70. The largest absolute Gasteiger partial charge is 0.396 e. The minimum Gasteiger partial charge on any atom is -0.396 e. The molecular weight excluding hydrogens is 354 g/mol. The van der Waals surface area contributed by atoms with Crippen LogP contribution in [0.15, 0.2) is 0 Å². The lowest BCUT2D eigenvalue weighted by Crippen LogP contribution is -2.65. The Hall–Kier alpha value is -0.370. The minimum atomic E-state index is -3.98. The Morgan fingerprint density at radius 1 is 1.08 bits per heavy atom. The first-order valence-corrected chi connectivity index (χ1v) is 10.1. The van der Waals surface area contributed by atoms with Crippen molar-refractivity contribution in [1.82, 2.24) is 15.3 Å². The molecule has 1 heterocycles. The summed E-state index contributed by atoms with van der Waals surface area (Å²) in [4.78, 5) is 2.06. The second kappa shape index (κ2) is 10.7. The van der Waals surface area contributed by atoms with E-state index >= 15 is 0 Å². The van der Waals surface area contributed by atoms with Crippen molar-refractivity contribution in [2.75, 3.05) is 58.4 Å². The van der Waals surface area contributed by atoms with Gasteiger partial charge in [-0.2, -0.15) is 8.42 Å². The van der Waals surface area contributed by atoms with Crippen LogP contribution >= 0.6 is 0 Å². The third-order valence-corrected chi connectivity index (χ3v) is 5.31. The fourth-order valence-corrected chi connectivity index (χ4v) is 3.54. The third kappa shape index (κ3) is 7.81. The molecule has 1 fully saturated rings. The summed E-state index contributed by atoms with van der Waals surface area (Å²) in [5, 5.41) is 39.4. The van der Waals surface area contributed by atoms with Crippen molar-refractivity contribution in [2.24, 2.45) is 0 Å². The van der Waals surface area contributed by atoms with Gasteiger partial charge in [0.15, 0.2) is 0 Å². The predicted octanol–water partition coefficient (Wildman–Crippen LogP) is -2.76. The zero-order chi connectivity index (χ0) is 18.9. The molecule has 0 saturated carbocycles. The average molecular weight is 385 g/mol. The van der Waals surface area contributed by atoms with E-state index < -0.39 is 15.7 Å². The molecule has 0 aromatic rings. The van der Waals surface area contributed by atoms with Crippen LogP contribution in [0.3, 0.4) is 0 Å². The van der Waals surface area contributed by atoms with Gasteiger partial charge in [0, 0.05) is 38.9 Å². The molecule has 1 atom stereocenters. The molecule has 1 rings (SSSR count). The highest BCUT2D eigenvalue weighted by atomic mass is 32.2. The van der Waals surface area contributed by atoms with Crippen molar-refractivity contribution in [2.45, 2.75) is 30.8 Å². The van der Waals surface area contributed by atoms with Crippen molar-refractivity contribution in [3.8, 4) is 0 Å². The van der Waals surface area contributed by atoms with E-state index in [1.807, 2.05) is 5.01 Å². The average Bonchev–Trinajstić information content (AvgIpc) is 2.55. The van der Waals surface area contributed by atoms with Gasteiger partial charge in [-0.25, -0.2) is 10.4 Å². The van der Waals surface area contributed by atoms with Gasteiger partial charge in [-0.15, -0.1) is 0 Å². The molecule has 1 unspecified atom stereocenters. The number of hydrazine groups is 1. The monoisotopic (exact) mass is 385 g/mol. The number of nitrogens with one attached hydrogen (secondary N) is 1. The molecule has 25 heavy (non-hydrogen) atoms. The molecule has 1 saturated heterocycles. The van der Waals surface area contributed by atoms with Gasteiger partial charge in [-0.1, -0.05) is 0 Å². The maximum atomic E-state index is 10.8. The fraction of sp³-hybridized carbons (Fsp3) is 1.00. The number of hydrogen-bond acceptors (Lipinski definition) is 9. The lowest BCUT2D eigenvalue weighted by atomic mass is 9.98. The van der Waals surface area contributed by atoms with Crippen LogP contribution in [0.4, 0.5) is 0 Å². The molecule has 0 amide bonds. The topological polar surface area (TPSA) is 154 Å². The van der Waals surface area contributed by atoms with Crippen molar-refractivity contribution in [3.63, 3.8) is 0 Å². The summed E-state index contributed by atoms with van der Waals surface area (Å²) in [6, 6.07) is -0.0307. The van der Waals surface area contributed by atoms with E-state index in [4.69, 9.17) is 9.66 Å². The fourth-order valence-electron chi connectivity index (χ4n) is 3.05. The van der Waals surface area contributed by atoms with Crippen LogP contribution in [0.1, 0.15) is 19.3 Å². The molecule has 0 spiro atoms. The summed E-state index contributed by atoms with van der Waals surface area (Å²) in [7, 11) is -3.98. The summed E-state index contributed by atoms with van der Waals surface area (Å²) >= 11 is 0. The molecule has 0 aliphatic carbocycles. The molecule has 0 bridgehead atoms. The smallest absolute Gasteiger partial charge is 0.264 e. The molecule has 0 aromatic heterocycles. The Bertz CT molecular complexity index is 473. The second-order valence-corrected chi connectivity index (χ2v) is 8.04. The lowest BCUT2D eigenvalue weighted by molar-refractivity contribution is -0.0357. The minimum absolute atomic E-state index is 0.0188. The molecule has 0 aromatic carbocycles. The van der Waals surface area contributed by atoms with Gasteiger partial charge in [-0.05, 0) is 25.8 Å². The van der Waals surface area contributed by atoms with E-state index in [1.54, 1.807) is 0 Å². The van der Waals surface area contributed by atoms with Crippen LogP contribution in [0.5, 0.6) is 0 Å². The number of aliphatic hydroxyl groups excluding tert-OH is 4. The van der Waals surface area contributed by atoms with E-state index in [0.29, 0.717) is 39.0 Å². The van der Waals surface area contributed by atoms with Gasteiger partial charge >= 0.3 is 0 Å². The van der Waals surface area contributed by atoms with Crippen LogP contribution in [0.2, 0.25) is 0 Å². The first-order valence-electron chi connectivity index (χ1n) is 8.44. The van der Waals surface area contributed by atoms with Gasteiger partial charge in [0.05, 0.1) is 24.5 Å².